The highest BCUT2D eigenvalue weighted by Crippen LogP contribution is 2.17. The lowest BCUT2D eigenvalue weighted by Crippen LogP contribution is -2.16. The third kappa shape index (κ3) is 1.58. The summed E-state index contributed by atoms with van der Waals surface area (Å²) in [6, 6.07) is 3.11. The summed E-state index contributed by atoms with van der Waals surface area (Å²) < 4.78 is 3.43. The average molecular weight is 220 g/mol. The SMILES string of the molecule is CC(c1nncn1C)n1cccc1C(=O)O. The van der Waals surface area contributed by atoms with Crippen LogP contribution < -0.4 is 0 Å². The normalized spacial score (nSPS) is 12.6. The number of hydrogen-bond donors (Lipinski definition) is 1. The molecule has 6 heteroatoms. The van der Waals surface area contributed by atoms with Gasteiger partial charge < -0.3 is 14.2 Å². The number of hydrogen-bond acceptors (Lipinski definition) is 3. The van der Waals surface area contributed by atoms with Crippen LogP contribution in [0.1, 0.15) is 29.3 Å². The van der Waals surface area contributed by atoms with Crippen LogP contribution in [0.5, 0.6) is 0 Å². The van der Waals surface area contributed by atoms with Gasteiger partial charge in [-0.15, -0.1) is 10.2 Å². The van der Waals surface area contributed by atoms with Crippen LogP contribution in [0.4, 0.5) is 0 Å². The summed E-state index contributed by atoms with van der Waals surface area (Å²) in [5.41, 5.74) is 0.246. The van der Waals surface area contributed by atoms with Crippen molar-refractivity contribution in [2.24, 2.45) is 7.05 Å². The topological polar surface area (TPSA) is 72.9 Å². The number of carboxylic acid groups (broad SMARTS) is 1. The quantitative estimate of drug-likeness (QED) is 0.834. The van der Waals surface area contributed by atoms with Gasteiger partial charge >= 0.3 is 5.97 Å². The standard InChI is InChI=1S/C10H12N4O2/c1-7(9-12-11-6-13(9)2)14-5-3-4-8(14)10(15)16/h3-7H,1-2H3,(H,15,16). The van der Waals surface area contributed by atoms with E-state index in [0.29, 0.717) is 0 Å². The van der Waals surface area contributed by atoms with Gasteiger partial charge in [-0.05, 0) is 19.1 Å². The molecule has 0 aliphatic carbocycles. The van der Waals surface area contributed by atoms with E-state index in [2.05, 4.69) is 10.2 Å². The minimum absolute atomic E-state index is 0.159. The van der Waals surface area contributed by atoms with E-state index in [1.54, 1.807) is 33.8 Å². The molecular formula is C10H12N4O2. The third-order valence-electron chi connectivity index (χ3n) is 2.54. The van der Waals surface area contributed by atoms with Gasteiger partial charge in [0.05, 0.1) is 6.04 Å². The Morgan fingerprint density at radius 2 is 2.31 bits per heavy atom. The highest BCUT2D eigenvalue weighted by molar-refractivity contribution is 5.85. The molecule has 0 fully saturated rings. The summed E-state index contributed by atoms with van der Waals surface area (Å²) in [6.07, 6.45) is 3.32. The summed E-state index contributed by atoms with van der Waals surface area (Å²) >= 11 is 0. The van der Waals surface area contributed by atoms with E-state index in [-0.39, 0.29) is 11.7 Å². The molecule has 0 radical (unpaired) electrons. The smallest absolute Gasteiger partial charge is 0.352 e. The molecule has 2 aromatic heterocycles. The lowest BCUT2D eigenvalue weighted by molar-refractivity contribution is 0.0684. The third-order valence-corrected chi connectivity index (χ3v) is 2.54. The Labute approximate surface area is 92.2 Å². The van der Waals surface area contributed by atoms with E-state index >= 15 is 0 Å². The molecule has 1 unspecified atom stereocenters. The van der Waals surface area contributed by atoms with Gasteiger partial charge in [-0.3, -0.25) is 0 Å². The first-order chi connectivity index (χ1) is 7.61. The molecule has 0 bridgehead atoms. The minimum Gasteiger partial charge on any atom is -0.477 e. The maximum absolute atomic E-state index is 11.0. The molecule has 1 N–H and O–H groups in total. The molecule has 0 spiro atoms. The van der Waals surface area contributed by atoms with Crippen LogP contribution in [-0.4, -0.2) is 30.4 Å². The predicted molar refractivity (Wildman–Crippen MR) is 56.2 cm³/mol. The van der Waals surface area contributed by atoms with Gasteiger partial charge in [0.25, 0.3) is 0 Å². The molecule has 1 atom stereocenters. The molecule has 0 aliphatic heterocycles. The fourth-order valence-corrected chi connectivity index (χ4v) is 1.71. The van der Waals surface area contributed by atoms with Crippen molar-refractivity contribution in [1.29, 1.82) is 0 Å². The number of carbonyl (C=O) groups is 1. The van der Waals surface area contributed by atoms with Crippen molar-refractivity contribution < 1.29 is 9.90 Å². The van der Waals surface area contributed by atoms with Crippen LogP contribution in [0.3, 0.4) is 0 Å². The van der Waals surface area contributed by atoms with Crippen LogP contribution in [0, 0.1) is 0 Å². The Morgan fingerprint density at radius 1 is 1.56 bits per heavy atom. The van der Waals surface area contributed by atoms with Gasteiger partial charge in [-0.1, -0.05) is 0 Å². The minimum atomic E-state index is -0.945. The van der Waals surface area contributed by atoms with Crippen molar-refractivity contribution in [1.82, 2.24) is 19.3 Å². The van der Waals surface area contributed by atoms with Crippen LogP contribution >= 0.6 is 0 Å². The van der Waals surface area contributed by atoms with E-state index in [4.69, 9.17) is 5.11 Å². The first-order valence-corrected chi connectivity index (χ1v) is 4.85. The van der Waals surface area contributed by atoms with Crippen molar-refractivity contribution in [3.8, 4) is 0 Å². The Bertz CT molecular complexity index is 514. The van der Waals surface area contributed by atoms with E-state index in [9.17, 15) is 4.79 Å². The van der Waals surface area contributed by atoms with E-state index in [1.807, 2.05) is 14.0 Å². The Kier molecular flexibility index (Phi) is 2.47. The molecule has 0 amide bonds. The summed E-state index contributed by atoms with van der Waals surface area (Å²) in [7, 11) is 1.83. The largest absolute Gasteiger partial charge is 0.477 e. The highest BCUT2D eigenvalue weighted by Gasteiger charge is 2.18. The van der Waals surface area contributed by atoms with Crippen LogP contribution in [0.15, 0.2) is 24.7 Å². The molecule has 2 rings (SSSR count). The van der Waals surface area contributed by atoms with Gasteiger partial charge in [0.2, 0.25) is 0 Å². The Morgan fingerprint density at radius 3 is 2.88 bits per heavy atom. The monoisotopic (exact) mass is 220 g/mol. The zero-order chi connectivity index (χ0) is 11.7. The number of aromatic nitrogens is 4. The first kappa shape index (κ1) is 10.4. The fourth-order valence-electron chi connectivity index (χ4n) is 1.71. The number of carboxylic acids is 1. The predicted octanol–water partition coefficient (Wildman–Crippen LogP) is 0.924. The van der Waals surface area contributed by atoms with Gasteiger partial charge in [-0.25, -0.2) is 4.79 Å². The van der Waals surface area contributed by atoms with Crippen LogP contribution in [-0.2, 0) is 7.05 Å². The Balaban J connectivity index is 2.42. The molecule has 0 saturated heterocycles. The lowest BCUT2D eigenvalue weighted by Gasteiger charge is -2.14. The maximum atomic E-state index is 11.0. The fraction of sp³-hybridized carbons (Fsp3) is 0.300. The maximum Gasteiger partial charge on any atom is 0.352 e. The summed E-state index contributed by atoms with van der Waals surface area (Å²) in [5.74, 6) is -0.224. The number of aryl methyl sites for hydroxylation is 1. The van der Waals surface area contributed by atoms with Crippen molar-refractivity contribution in [3.05, 3.63) is 36.2 Å². The van der Waals surface area contributed by atoms with Gasteiger partial charge in [-0.2, -0.15) is 0 Å². The van der Waals surface area contributed by atoms with Crippen LogP contribution in [0.2, 0.25) is 0 Å². The zero-order valence-electron chi connectivity index (χ0n) is 9.03. The molecule has 6 nitrogen and oxygen atoms in total. The van der Waals surface area contributed by atoms with Crippen LogP contribution in [0.25, 0.3) is 0 Å². The van der Waals surface area contributed by atoms with Gasteiger partial charge in [0.1, 0.15) is 12.0 Å². The first-order valence-electron chi connectivity index (χ1n) is 4.85. The molecule has 0 aliphatic rings. The molecule has 0 saturated carbocycles. The Hall–Kier alpha value is -2.11. The van der Waals surface area contributed by atoms with Crippen molar-refractivity contribution >= 4 is 5.97 Å². The average Bonchev–Trinajstić information content (AvgIpc) is 2.84. The summed E-state index contributed by atoms with van der Waals surface area (Å²) in [5, 5.41) is 16.8. The second-order valence-electron chi connectivity index (χ2n) is 3.58. The van der Waals surface area contributed by atoms with E-state index in [1.165, 1.54) is 0 Å². The van der Waals surface area contributed by atoms with E-state index in [0.717, 1.165) is 5.82 Å². The van der Waals surface area contributed by atoms with Crippen molar-refractivity contribution in [2.75, 3.05) is 0 Å². The number of rotatable bonds is 3. The molecule has 2 heterocycles. The van der Waals surface area contributed by atoms with Gasteiger partial charge in [0.15, 0.2) is 5.82 Å². The van der Waals surface area contributed by atoms with E-state index < -0.39 is 5.97 Å². The summed E-state index contributed by atoms with van der Waals surface area (Å²) in [4.78, 5) is 11.0. The molecule has 0 aromatic carbocycles. The molecule has 2 aromatic rings. The molecule has 84 valence electrons. The second kappa shape index (κ2) is 3.80. The lowest BCUT2D eigenvalue weighted by atomic mass is 10.3. The number of nitrogens with zero attached hydrogens (tertiary/aromatic N) is 4. The molecule has 16 heavy (non-hydrogen) atoms. The van der Waals surface area contributed by atoms with Gasteiger partial charge in [0, 0.05) is 13.2 Å². The zero-order valence-corrected chi connectivity index (χ0v) is 9.03. The van der Waals surface area contributed by atoms with Crippen molar-refractivity contribution in [3.63, 3.8) is 0 Å². The summed E-state index contributed by atoms with van der Waals surface area (Å²) in [6.45, 7) is 1.89. The second-order valence-corrected chi connectivity index (χ2v) is 3.58. The van der Waals surface area contributed by atoms with Crippen molar-refractivity contribution in [2.45, 2.75) is 13.0 Å². The molecular weight excluding hydrogens is 208 g/mol. The highest BCUT2D eigenvalue weighted by atomic mass is 16.4. The number of aromatic carboxylic acids is 1.